The Morgan fingerprint density at radius 2 is 1.72 bits per heavy atom. The molecule has 2 N–H and O–H groups in total. The summed E-state index contributed by atoms with van der Waals surface area (Å²) in [6.45, 7) is 0.319. The molecular formula is C17H15N2O5S-. The molecule has 8 heteroatoms. The zero-order valence-corrected chi connectivity index (χ0v) is 13.9. The van der Waals surface area contributed by atoms with E-state index in [-0.39, 0.29) is 27.3 Å². The minimum atomic E-state index is -0.384. The highest BCUT2D eigenvalue weighted by Gasteiger charge is 2.31. The van der Waals surface area contributed by atoms with Gasteiger partial charge < -0.3 is 15.2 Å². The number of benzene rings is 2. The van der Waals surface area contributed by atoms with Gasteiger partial charge in [0, 0.05) is 0 Å². The van der Waals surface area contributed by atoms with E-state index in [9.17, 15) is 14.8 Å². The van der Waals surface area contributed by atoms with Gasteiger partial charge in [-0.3, -0.25) is 20.1 Å². The van der Waals surface area contributed by atoms with E-state index in [1.54, 1.807) is 24.3 Å². The third-order valence-corrected chi connectivity index (χ3v) is 4.66. The highest BCUT2D eigenvalue weighted by Crippen LogP contribution is 2.24. The molecule has 0 saturated carbocycles. The van der Waals surface area contributed by atoms with Crippen molar-refractivity contribution in [1.82, 2.24) is 5.32 Å². The molecule has 0 spiro atoms. The lowest BCUT2D eigenvalue weighted by molar-refractivity contribution is -0.118. The molecule has 1 fully saturated rings. The van der Waals surface area contributed by atoms with E-state index in [1.807, 2.05) is 12.1 Å². The van der Waals surface area contributed by atoms with Crippen LogP contribution in [0.3, 0.4) is 0 Å². The smallest absolute Gasteiger partial charge is 0.286 e. The molecule has 1 heterocycles. The number of rotatable bonds is 6. The fourth-order valence-electron chi connectivity index (χ4n) is 2.35. The number of imide groups is 1. The van der Waals surface area contributed by atoms with E-state index in [1.165, 1.54) is 12.1 Å². The van der Waals surface area contributed by atoms with Gasteiger partial charge in [0.25, 0.3) is 5.24 Å². The monoisotopic (exact) mass is 359 g/mol. The number of hydrogen-bond donors (Lipinski definition) is 2. The van der Waals surface area contributed by atoms with Crippen LogP contribution >= 0.6 is 11.8 Å². The first-order chi connectivity index (χ1) is 12.0. The Morgan fingerprint density at radius 3 is 2.28 bits per heavy atom. The number of nitrogens with one attached hydrogen (secondary N) is 1. The van der Waals surface area contributed by atoms with Crippen LogP contribution in [0, 0.1) is 5.21 Å². The van der Waals surface area contributed by atoms with Gasteiger partial charge in [-0.05, 0) is 41.8 Å². The van der Waals surface area contributed by atoms with Crippen LogP contribution in [0.5, 0.6) is 5.75 Å². The lowest BCUT2D eigenvalue weighted by Gasteiger charge is -2.21. The van der Waals surface area contributed by atoms with Crippen molar-refractivity contribution in [1.29, 1.82) is 0 Å². The van der Waals surface area contributed by atoms with Crippen LogP contribution in [-0.2, 0) is 17.8 Å². The zero-order valence-electron chi connectivity index (χ0n) is 13.0. The SMILES string of the molecule is O=C1NC(=O)C(Cc2ccc(OCc3ccc(N([O-])O)cc3)cc2)S1. The summed E-state index contributed by atoms with van der Waals surface area (Å²) >= 11 is 1.01. The molecule has 7 nitrogen and oxygen atoms in total. The molecule has 0 bridgehead atoms. The van der Waals surface area contributed by atoms with Gasteiger partial charge in [0.2, 0.25) is 5.91 Å². The molecule has 0 radical (unpaired) electrons. The Bertz CT molecular complexity index is 762. The molecular weight excluding hydrogens is 344 g/mol. The average Bonchev–Trinajstić information content (AvgIpc) is 2.92. The first-order valence-corrected chi connectivity index (χ1v) is 8.37. The Kier molecular flexibility index (Phi) is 5.22. The third kappa shape index (κ3) is 4.50. The first kappa shape index (κ1) is 17.3. The molecule has 0 aromatic heterocycles. The summed E-state index contributed by atoms with van der Waals surface area (Å²) in [7, 11) is 0. The quantitative estimate of drug-likeness (QED) is 0.765. The molecule has 25 heavy (non-hydrogen) atoms. The summed E-state index contributed by atoms with van der Waals surface area (Å²) in [6.07, 6.45) is 0.483. The Labute approximate surface area is 148 Å². The third-order valence-electron chi connectivity index (χ3n) is 3.67. The Balaban J connectivity index is 1.54. The number of anilines is 1. The highest BCUT2D eigenvalue weighted by molar-refractivity contribution is 8.15. The van der Waals surface area contributed by atoms with Crippen molar-refractivity contribution in [3.8, 4) is 5.75 Å². The maximum absolute atomic E-state index is 11.6. The van der Waals surface area contributed by atoms with E-state index in [4.69, 9.17) is 9.94 Å². The largest absolute Gasteiger partial charge is 0.733 e. The lowest BCUT2D eigenvalue weighted by Crippen LogP contribution is -2.25. The summed E-state index contributed by atoms with van der Waals surface area (Å²) in [5, 5.41) is 20.9. The maximum Gasteiger partial charge on any atom is 0.286 e. The molecule has 1 unspecified atom stereocenters. The van der Waals surface area contributed by atoms with Gasteiger partial charge in [0.05, 0.1) is 10.9 Å². The van der Waals surface area contributed by atoms with Crippen molar-refractivity contribution in [2.75, 3.05) is 5.23 Å². The summed E-state index contributed by atoms with van der Waals surface area (Å²) in [6, 6.07) is 13.7. The van der Waals surface area contributed by atoms with Crippen molar-refractivity contribution in [3.63, 3.8) is 0 Å². The molecule has 1 atom stereocenters. The van der Waals surface area contributed by atoms with Gasteiger partial charge in [-0.1, -0.05) is 36.0 Å². The molecule has 3 rings (SSSR count). The number of carbonyl (C=O) groups is 2. The molecule has 1 aliphatic heterocycles. The van der Waals surface area contributed by atoms with E-state index in [0.29, 0.717) is 18.8 Å². The summed E-state index contributed by atoms with van der Waals surface area (Å²) in [5.41, 5.74) is 1.95. The number of thioether (sulfide) groups is 1. The van der Waals surface area contributed by atoms with E-state index in [2.05, 4.69) is 5.32 Å². The summed E-state index contributed by atoms with van der Waals surface area (Å²) < 4.78 is 5.66. The van der Waals surface area contributed by atoms with Gasteiger partial charge >= 0.3 is 0 Å². The van der Waals surface area contributed by atoms with Gasteiger partial charge in [-0.15, -0.1) is 0 Å². The highest BCUT2D eigenvalue weighted by atomic mass is 32.2. The predicted octanol–water partition coefficient (Wildman–Crippen LogP) is 2.85. The second-order valence-corrected chi connectivity index (χ2v) is 6.63. The number of amides is 2. The van der Waals surface area contributed by atoms with Crippen LogP contribution < -0.4 is 15.3 Å². The van der Waals surface area contributed by atoms with Crippen LogP contribution in [0.25, 0.3) is 0 Å². The molecule has 0 aliphatic carbocycles. The standard InChI is InChI=1S/C17H15N2O5S/c20-16-15(25-17(21)18-16)9-11-3-7-14(8-4-11)24-10-12-1-5-13(6-2-12)19(22)23/h1-8,15,22H,9-10H2,(H,18,20,21)/q-1. The topological polar surface area (TPSA) is 102 Å². The first-order valence-electron chi connectivity index (χ1n) is 7.49. The van der Waals surface area contributed by atoms with Gasteiger partial charge in [-0.2, -0.15) is 0 Å². The fraction of sp³-hybridized carbons (Fsp3) is 0.176. The van der Waals surface area contributed by atoms with Crippen LogP contribution in [0.1, 0.15) is 11.1 Å². The van der Waals surface area contributed by atoms with E-state index < -0.39 is 0 Å². The van der Waals surface area contributed by atoms with Crippen LogP contribution in [0.15, 0.2) is 48.5 Å². The minimum Gasteiger partial charge on any atom is -0.733 e. The number of ether oxygens (including phenoxy) is 1. The van der Waals surface area contributed by atoms with Crippen LogP contribution in [-0.4, -0.2) is 21.6 Å². The molecule has 2 aromatic carbocycles. The molecule has 1 aliphatic rings. The second kappa shape index (κ2) is 7.56. The molecule has 2 amide bonds. The van der Waals surface area contributed by atoms with Crippen LogP contribution in [0.4, 0.5) is 10.5 Å². The van der Waals surface area contributed by atoms with Crippen molar-refractivity contribution < 1.29 is 19.5 Å². The molecule has 1 saturated heterocycles. The van der Waals surface area contributed by atoms with Crippen LogP contribution in [0.2, 0.25) is 0 Å². The maximum atomic E-state index is 11.6. The summed E-state index contributed by atoms with van der Waals surface area (Å²) in [4.78, 5) is 22.7. The second-order valence-electron chi connectivity index (χ2n) is 5.46. The minimum absolute atomic E-state index is 0.153. The fourth-order valence-corrected chi connectivity index (χ4v) is 3.21. The van der Waals surface area contributed by atoms with Gasteiger partial charge in [0.1, 0.15) is 12.4 Å². The number of nitrogens with zero attached hydrogens (tertiary/aromatic N) is 1. The number of carbonyl (C=O) groups excluding carboxylic acids is 2. The predicted molar refractivity (Wildman–Crippen MR) is 93.5 cm³/mol. The summed E-state index contributed by atoms with van der Waals surface area (Å²) in [5.74, 6) is 0.415. The van der Waals surface area contributed by atoms with E-state index in [0.717, 1.165) is 22.9 Å². The Hall–Kier alpha value is -2.55. The van der Waals surface area contributed by atoms with Crippen molar-refractivity contribution >= 4 is 28.6 Å². The van der Waals surface area contributed by atoms with Gasteiger partial charge in [0.15, 0.2) is 0 Å². The molecule has 130 valence electrons. The zero-order chi connectivity index (χ0) is 17.8. The van der Waals surface area contributed by atoms with Crippen molar-refractivity contribution in [2.24, 2.45) is 0 Å². The van der Waals surface area contributed by atoms with Crippen molar-refractivity contribution in [3.05, 3.63) is 64.9 Å². The molecule has 2 aromatic rings. The lowest BCUT2D eigenvalue weighted by atomic mass is 10.1. The Morgan fingerprint density at radius 1 is 1.08 bits per heavy atom. The van der Waals surface area contributed by atoms with Crippen molar-refractivity contribution in [2.45, 2.75) is 18.3 Å². The average molecular weight is 359 g/mol. The normalized spacial score (nSPS) is 16.6. The number of hydrogen-bond acceptors (Lipinski definition) is 7. The van der Waals surface area contributed by atoms with Gasteiger partial charge in [-0.25, -0.2) is 0 Å². The van der Waals surface area contributed by atoms with E-state index >= 15 is 0 Å².